The van der Waals surface area contributed by atoms with Crippen LogP contribution >= 0.6 is 24.0 Å². The first-order valence-corrected chi connectivity index (χ1v) is 8.42. The van der Waals surface area contributed by atoms with Crippen LogP contribution in [0.5, 0.6) is 0 Å². The highest BCUT2D eigenvalue weighted by Gasteiger charge is 2.27. The van der Waals surface area contributed by atoms with Gasteiger partial charge in [-0.05, 0) is 31.2 Å². The van der Waals surface area contributed by atoms with E-state index in [0.29, 0.717) is 24.7 Å². The van der Waals surface area contributed by atoms with Crippen molar-refractivity contribution in [1.82, 2.24) is 10.2 Å². The normalized spacial score (nSPS) is 19.0. The fourth-order valence-corrected chi connectivity index (χ4v) is 3.52. The second kappa shape index (κ2) is 7.45. The van der Waals surface area contributed by atoms with Gasteiger partial charge < -0.3 is 10.2 Å². The molecule has 118 valence electrons. The number of amides is 1. The molecule has 0 unspecified atom stereocenters. The van der Waals surface area contributed by atoms with Gasteiger partial charge in [0, 0.05) is 30.7 Å². The van der Waals surface area contributed by atoms with Crippen LogP contribution < -0.4 is 5.32 Å². The lowest BCUT2D eigenvalue weighted by atomic mass is 10.2. The second-order valence-electron chi connectivity index (χ2n) is 4.85. The summed E-state index contributed by atoms with van der Waals surface area (Å²) in [4.78, 5) is 13.9. The molecular formula is C13H18Cl2N2O3S. The van der Waals surface area contributed by atoms with E-state index in [2.05, 4.69) is 5.32 Å². The minimum absolute atomic E-state index is 0. The Labute approximate surface area is 136 Å². The monoisotopic (exact) mass is 352 g/mol. The van der Waals surface area contributed by atoms with Crippen LogP contribution in [0.15, 0.2) is 29.2 Å². The van der Waals surface area contributed by atoms with Crippen molar-refractivity contribution in [3.63, 3.8) is 0 Å². The van der Waals surface area contributed by atoms with Gasteiger partial charge in [0.1, 0.15) is 5.75 Å². The Kier molecular flexibility index (Phi) is 6.46. The van der Waals surface area contributed by atoms with Crippen LogP contribution in [0.3, 0.4) is 0 Å². The Hall–Kier alpha value is -0.820. The zero-order valence-corrected chi connectivity index (χ0v) is 14.0. The van der Waals surface area contributed by atoms with Crippen molar-refractivity contribution in [2.24, 2.45) is 0 Å². The number of hydrogen-bond donors (Lipinski definition) is 1. The first-order chi connectivity index (χ1) is 9.40. The van der Waals surface area contributed by atoms with Crippen LogP contribution in [-0.4, -0.2) is 50.7 Å². The number of carbonyl (C=O) groups excluding carboxylic acids is 1. The average Bonchev–Trinajstić information content (AvgIpc) is 2.39. The van der Waals surface area contributed by atoms with Crippen molar-refractivity contribution in [1.29, 1.82) is 0 Å². The highest BCUT2D eigenvalue weighted by Crippen LogP contribution is 2.16. The van der Waals surface area contributed by atoms with Crippen LogP contribution in [0.1, 0.15) is 6.92 Å². The van der Waals surface area contributed by atoms with Crippen LogP contribution in [-0.2, 0) is 14.6 Å². The molecule has 1 N–H and O–H groups in total. The summed E-state index contributed by atoms with van der Waals surface area (Å²) in [6.07, 6.45) is 0. The number of carbonyl (C=O) groups is 1. The van der Waals surface area contributed by atoms with Gasteiger partial charge in [0.2, 0.25) is 5.91 Å². The lowest BCUT2D eigenvalue weighted by Crippen LogP contribution is -2.53. The quantitative estimate of drug-likeness (QED) is 0.891. The number of rotatable bonds is 3. The molecule has 21 heavy (non-hydrogen) atoms. The first kappa shape index (κ1) is 18.2. The molecule has 1 amide bonds. The summed E-state index contributed by atoms with van der Waals surface area (Å²) >= 11 is 5.73. The number of benzene rings is 1. The highest BCUT2D eigenvalue weighted by molar-refractivity contribution is 7.92. The van der Waals surface area contributed by atoms with Crippen LogP contribution in [0.4, 0.5) is 0 Å². The van der Waals surface area contributed by atoms with E-state index in [4.69, 9.17) is 11.6 Å². The van der Waals surface area contributed by atoms with E-state index in [1.54, 1.807) is 4.90 Å². The SMILES string of the molecule is C[C@@H]1CNCCN1C(=O)CS(=O)(=O)c1ccc(Cl)cc1.Cl. The largest absolute Gasteiger partial charge is 0.337 e. The Morgan fingerprint density at radius 2 is 2.00 bits per heavy atom. The Morgan fingerprint density at radius 3 is 2.57 bits per heavy atom. The summed E-state index contributed by atoms with van der Waals surface area (Å²) < 4.78 is 24.4. The Morgan fingerprint density at radius 1 is 1.38 bits per heavy atom. The third kappa shape index (κ3) is 4.57. The predicted molar refractivity (Wildman–Crippen MR) is 84.8 cm³/mol. The first-order valence-electron chi connectivity index (χ1n) is 6.38. The topological polar surface area (TPSA) is 66.5 Å². The molecule has 8 heteroatoms. The van der Waals surface area contributed by atoms with Gasteiger partial charge in [0.25, 0.3) is 0 Å². The maximum atomic E-state index is 12.2. The fourth-order valence-electron chi connectivity index (χ4n) is 2.18. The third-order valence-corrected chi connectivity index (χ3v) is 5.18. The molecule has 0 radical (unpaired) electrons. The van der Waals surface area contributed by atoms with E-state index in [9.17, 15) is 13.2 Å². The molecule has 2 rings (SSSR count). The van der Waals surface area contributed by atoms with Crippen molar-refractivity contribution in [3.8, 4) is 0 Å². The van der Waals surface area contributed by atoms with Crippen LogP contribution in [0, 0.1) is 0 Å². The maximum absolute atomic E-state index is 12.2. The zero-order valence-electron chi connectivity index (χ0n) is 11.6. The fraction of sp³-hybridized carbons (Fsp3) is 0.462. The van der Waals surface area contributed by atoms with E-state index in [1.807, 2.05) is 6.92 Å². The molecule has 1 aromatic rings. The molecule has 1 fully saturated rings. The summed E-state index contributed by atoms with van der Waals surface area (Å²) in [5, 5.41) is 3.63. The lowest BCUT2D eigenvalue weighted by molar-refractivity contribution is -0.131. The number of halogens is 2. The van der Waals surface area contributed by atoms with Gasteiger partial charge in [-0.3, -0.25) is 4.79 Å². The molecule has 1 saturated heterocycles. The molecule has 0 spiro atoms. The van der Waals surface area contributed by atoms with Crippen molar-refractivity contribution in [3.05, 3.63) is 29.3 Å². The molecule has 5 nitrogen and oxygen atoms in total. The Balaban J connectivity index is 0.00000220. The zero-order chi connectivity index (χ0) is 14.8. The van der Waals surface area contributed by atoms with Gasteiger partial charge in [-0.1, -0.05) is 11.6 Å². The summed E-state index contributed by atoms with van der Waals surface area (Å²) in [5.74, 6) is -0.854. The van der Waals surface area contributed by atoms with Crippen LogP contribution in [0.2, 0.25) is 5.02 Å². The Bertz CT molecular complexity index is 590. The summed E-state index contributed by atoms with van der Waals surface area (Å²) in [6.45, 7) is 3.82. The van der Waals surface area contributed by atoms with E-state index in [1.165, 1.54) is 24.3 Å². The third-order valence-electron chi connectivity index (χ3n) is 3.31. The molecule has 0 aromatic heterocycles. The van der Waals surface area contributed by atoms with Crippen molar-refractivity contribution in [2.75, 3.05) is 25.4 Å². The van der Waals surface area contributed by atoms with Gasteiger partial charge in [0.05, 0.1) is 4.90 Å². The maximum Gasteiger partial charge on any atom is 0.238 e. The van der Waals surface area contributed by atoms with E-state index >= 15 is 0 Å². The minimum atomic E-state index is -3.62. The van der Waals surface area contributed by atoms with Gasteiger partial charge >= 0.3 is 0 Å². The molecule has 0 saturated carbocycles. The number of nitrogens with one attached hydrogen (secondary N) is 1. The molecule has 1 atom stereocenters. The lowest BCUT2D eigenvalue weighted by Gasteiger charge is -2.33. The van der Waals surface area contributed by atoms with Crippen molar-refractivity contribution >= 4 is 39.8 Å². The molecule has 0 aliphatic carbocycles. The summed E-state index contributed by atoms with van der Waals surface area (Å²) in [7, 11) is -3.62. The standard InChI is InChI=1S/C13H17ClN2O3S.ClH/c1-10-8-15-6-7-16(10)13(17)9-20(18,19)12-4-2-11(14)3-5-12;/h2-5,10,15H,6-9H2,1H3;1H/t10-;/m1./s1. The molecule has 1 aliphatic rings. The predicted octanol–water partition coefficient (Wildman–Crippen LogP) is 1.36. The number of piperazine rings is 1. The highest BCUT2D eigenvalue weighted by atomic mass is 35.5. The van der Waals surface area contributed by atoms with Crippen molar-refractivity contribution in [2.45, 2.75) is 17.9 Å². The minimum Gasteiger partial charge on any atom is -0.337 e. The molecule has 1 aliphatic heterocycles. The van der Waals surface area contributed by atoms with Gasteiger partial charge in [0.15, 0.2) is 9.84 Å². The smallest absolute Gasteiger partial charge is 0.238 e. The van der Waals surface area contributed by atoms with Gasteiger partial charge in [-0.2, -0.15) is 0 Å². The van der Waals surface area contributed by atoms with E-state index in [-0.39, 0.29) is 29.3 Å². The van der Waals surface area contributed by atoms with Crippen LogP contribution in [0.25, 0.3) is 0 Å². The molecule has 1 aromatic carbocycles. The van der Waals surface area contributed by atoms with E-state index in [0.717, 1.165) is 0 Å². The molecule has 1 heterocycles. The summed E-state index contributed by atoms with van der Waals surface area (Å²) in [6, 6.07) is 5.87. The van der Waals surface area contributed by atoms with Gasteiger partial charge in [-0.25, -0.2) is 8.42 Å². The number of hydrogen-bond acceptors (Lipinski definition) is 4. The average molecular weight is 353 g/mol. The number of sulfone groups is 1. The molecule has 0 bridgehead atoms. The molecular weight excluding hydrogens is 335 g/mol. The summed E-state index contributed by atoms with van der Waals surface area (Å²) in [5.41, 5.74) is 0. The number of nitrogens with zero attached hydrogens (tertiary/aromatic N) is 1. The second-order valence-corrected chi connectivity index (χ2v) is 7.28. The van der Waals surface area contributed by atoms with Gasteiger partial charge in [-0.15, -0.1) is 12.4 Å². The van der Waals surface area contributed by atoms with Crippen molar-refractivity contribution < 1.29 is 13.2 Å². The van der Waals surface area contributed by atoms with E-state index < -0.39 is 15.6 Å².